The normalized spacial score (nSPS) is 14.2. The molecule has 0 aliphatic heterocycles. The number of rotatable bonds is 13. The van der Waals surface area contributed by atoms with Crippen LogP contribution in [0.25, 0.3) is 0 Å². The molecular weight excluding hydrogens is 642 g/mol. The first-order valence-corrected chi connectivity index (χ1v) is 18.5. The van der Waals surface area contributed by atoms with E-state index in [1.165, 1.54) is 9.21 Å². The topological polar surface area (TPSA) is 86.8 Å². The average Bonchev–Trinajstić information content (AvgIpc) is 3.10. The van der Waals surface area contributed by atoms with E-state index in [2.05, 4.69) is 5.32 Å². The standard InChI is InChI=1S/C39H44ClN3O4S/c1-3-31-16-11-13-21-36(31)43(48(46,47)34-24-22-29(2)23-25-34)28-38(44)42(27-32-17-10-12-20-35(32)40)37(26-30-14-6-4-7-15-30)39(45)41-33-18-8-5-9-19-33/h4,6-7,10-17,20-25,33,37H,3,5,8-9,18-19,26-28H2,1-2H3,(H,41,45). The molecule has 2 amide bonds. The van der Waals surface area contributed by atoms with Crippen molar-refractivity contribution in [2.75, 3.05) is 10.8 Å². The number of amides is 2. The van der Waals surface area contributed by atoms with Gasteiger partial charge in [-0.05, 0) is 67.1 Å². The van der Waals surface area contributed by atoms with Crippen LogP contribution in [0.15, 0.2) is 108 Å². The van der Waals surface area contributed by atoms with Gasteiger partial charge in [-0.1, -0.05) is 122 Å². The molecule has 1 N–H and O–H groups in total. The van der Waals surface area contributed by atoms with Gasteiger partial charge >= 0.3 is 0 Å². The van der Waals surface area contributed by atoms with E-state index in [4.69, 9.17) is 11.6 Å². The van der Waals surface area contributed by atoms with Crippen molar-refractivity contribution in [1.29, 1.82) is 0 Å². The lowest BCUT2D eigenvalue weighted by atomic mass is 9.94. The molecular formula is C39H44ClN3O4S. The van der Waals surface area contributed by atoms with Crippen molar-refractivity contribution in [1.82, 2.24) is 10.2 Å². The Kier molecular flexibility index (Phi) is 12.0. The van der Waals surface area contributed by atoms with E-state index in [1.54, 1.807) is 42.5 Å². The summed E-state index contributed by atoms with van der Waals surface area (Å²) in [7, 11) is -4.18. The molecule has 5 rings (SSSR count). The Hall–Kier alpha value is -4.14. The second-order valence-electron chi connectivity index (χ2n) is 12.5. The summed E-state index contributed by atoms with van der Waals surface area (Å²) in [5.41, 5.74) is 3.69. The van der Waals surface area contributed by atoms with E-state index in [1.807, 2.05) is 74.5 Å². The number of halogens is 1. The average molecular weight is 686 g/mol. The molecule has 0 bridgehead atoms. The number of sulfonamides is 1. The molecule has 1 aliphatic carbocycles. The molecule has 7 nitrogen and oxygen atoms in total. The fourth-order valence-electron chi connectivity index (χ4n) is 6.31. The fourth-order valence-corrected chi connectivity index (χ4v) is 7.96. The summed E-state index contributed by atoms with van der Waals surface area (Å²) in [4.78, 5) is 30.7. The van der Waals surface area contributed by atoms with E-state index in [-0.39, 0.29) is 29.8 Å². The van der Waals surface area contributed by atoms with Crippen molar-refractivity contribution in [2.45, 2.75) is 82.3 Å². The van der Waals surface area contributed by atoms with Gasteiger partial charge in [-0.3, -0.25) is 13.9 Å². The highest BCUT2D eigenvalue weighted by molar-refractivity contribution is 7.92. The maximum absolute atomic E-state index is 14.8. The number of hydrogen-bond acceptors (Lipinski definition) is 4. The van der Waals surface area contributed by atoms with Crippen LogP contribution in [0.5, 0.6) is 0 Å². The van der Waals surface area contributed by atoms with Crippen LogP contribution in [0.1, 0.15) is 61.3 Å². The number of nitrogens with one attached hydrogen (secondary N) is 1. The van der Waals surface area contributed by atoms with Gasteiger partial charge in [0.25, 0.3) is 10.0 Å². The van der Waals surface area contributed by atoms with Crippen LogP contribution in [0.2, 0.25) is 5.02 Å². The number of carbonyl (C=O) groups excluding carboxylic acids is 2. The molecule has 0 saturated heterocycles. The highest BCUT2D eigenvalue weighted by Crippen LogP contribution is 2.29. The van der Waals surface area contributed by atoms with E-state index in [9.17, 15) is 18.0 Å². The molecule has 1 aliphatic rings. The second kappa shape index (κ2) is 16.3. The molecule has 4 aromatic carbocycles. The summed E-state index contributed by atoms with van der Waals surface area (Å²) in [5, 5.41) is 3.70. The van der Waals surface area contributed by atoms with Crippen LogP contribution in [0, 0.1) is 6.92 Å². The second-order valence-corrected chi connectivity index (χ2v) is 14.7. The zero-order valence-electron chi connectivity index (χ0n) is 27.6. The molecule has 1 atom stereocenters. The Morgan fingerprint density at radius 1 is 0.833 bits per heavy atom. The molecule has 0 aromatic heterocycles. The summed E-state index contributed by atoms with van der Waals surface area (Å²) in [6, 6.07) is 29.8. The Morgan fingerprint density at radius 3 is 2.12 bits per heavy atom. The third kappa shape index (κ3) is 8.65. The number of para-hydroxylation sites is 1. The quantitative estimate of drug-likeness (QED) is 0.158. The van der Waals surface area contributed by atoms with Gasteiger partial charge in [0.2, 0.25) is 11.8 Å². The highest BCUT2D eigenvalue weighted by Gasteiger charge is 2.36. The van der Waals surface area contributed by atoms with E-state index in [0.29, 0.717) is 22.7 Å². The third-order valence-electron chi connectivity index (χ3n) is 9.05. The monoisotopic (exact) mass is 685 g/mol. The minimum atomic E-state index is -4.18. The molecule has 252 valence electrons. The SMILES string of the molecule is CCc1ccccc1N(CC(=O)N(Cc1ccccc1Cl)C(Cc1ccccc1)C(=O)NC1CCCCC1)S(=O)(=O)c1ccc(C)cc1. The number of benzene rings is 4. The lowest BCUT2D eigenvalue weighted by Gasteiger charge is -2.35. The third-order valence-corrected chi connectivity index (χ3v) is 11.2. The van der Waals surface area contributed by atoms with Gasteiger partial charge in [-0.2, -0.15) is 0 Å². The smallest absolute Gasteiger partial charge is 0.264 e. The fraction of sp³-hybridized carbons (Fsp3) is 0.333. The Morgan fingerprint density at radius 2 is 1.46 bits per heavy atom. The first-order chi connectivity index (χ1) is 23.2. The lowest BCUT2D eigenvalue weighted by molar-refractivity contribution is -0.140. The Balaban J connectivity index is 1.59. The first kappa shape index (κ1) is 35.2. The number of anilines is 1. The van der Waals surface area contributed by atoms with Crippen LogP contribution in [-0.4, -0.2) is 43.8 Å². The summed E-state index contributed by atoms with van der Waals surface area (Å²) >= 11 is 6.63. The number of aryl methyl sites for hydroxylation is 2. The predicted molar refractivity (Wildman–Crippen MR) is 192 cm³/mol. The summed E-state index contributed by atoms with van der Waals surface area (Å²) in [5.74, 6) is -0.760. The molecule has 48 heavy (non-hydrogen) atoms. The van der Waals surface area contributed by atoms with Crippen molar-refractivity contribution in [2.24, 2.45) is 0 Å². The van der Waals surface area contributed by atoms with Gasteiger partial charge in [0.15, 0.2) is 0 Å². The van der Waals surface area contributed by atoms with Crippen molar-refractivity contribution in [3.8, 4) is 0 Å². The van der Waals surface area contributed by atoms with Gasteiger partial charge in [0.1, 0.15) is 12.6 Å². The minimum Gasteiger partial charge on any atom is -0.352 e. The molecule has 0 spiro atoms. The zero-order chi connectivity index (χ0) is 34.1. The predicted octanol–water partition coefficient (Wildman–Crippen LogP) is 7.50. The van der Waals surface area contributed by atoms with Gasteiger partial charge in [-0.15, -0.1) is 0 Å². The van der Waals surface area contributed by atoms with Crippen LogP contribution >= 0.6 is 11.6 Å². The van der Waals surface area contributed by atoms with E-state index >= 15 is 0 Å². The van der Waals surface area contributed by atoms with E-state index in [0.717, 1.165) is 48.8 Å². The van der Waals surface area contributed by atoms with Crippen molar-refractivity contribution >= 4 is 39.1 Å². The van der Waals surface area contributed by atoms with Crippen molar-refractivity contribution in [3.05, 3.63) is 130 Å². The molecule has 0 heterocycles. The van der Waals surface area contributed by atoms with Gasteiger partial charge < -0.3 is 10.2 Å². The number of carbonyl (C=O) groups is 2. The van der Waals surface area contributed by atoms with Crippen LogP contribution in [0.4, 0.5) is 5.69 Å². The summed E-state index contributed by atoms with van der Waals surface area (Å²) in [6.45, 7) is 3.37. The van der Waals surface area contributed by atoms with Crippen LogP contribution in [-0.2, 0) is 39.0 Å². The number of hydrogen-bond donors (Lipinski definition) is 1. The van der Waals surface area contributed by atoms with Crippen molar-refractivity contribution in [3.63, 3.8) is 0 Å². The highest BCUT2D eigenvalue weighted by atomic mass is 35.5. The van der Waals surface area contributed by atoms with Gasteiger partial charge in [0, 0.05) is 24.0 Å². The van der Waals surface area contributed by atoms with Crippen LogP contribution in [0.3, 0.4) is 0 Å². The molecule has 0 radical (unpaired) electrons. The molecule has 1 fully saturated rings. The van der Waals surface area contributed by atoms with Crippen molar-refractivity contribution < 1.29 is 18.0 Å². The zero-order valence-corrected chi connectivity index (χ0v) is 29.2. The Bertz CT molecular complexity index is 1790. The summed E-state index contributed by atoms with van der Waals surface area (Å²) < 4.78 is 30.0. The molecule has 4 aromatic rings. The minimum absolute atomic E-state index is 0.0247. The van der Waals surface area contributed by atoms with Crippen LogP contribution < -0.4 is 9.62 Å². The summed E-state index contributed by atoms with van der Waals surface area (Å²) in [6.07, 6.45) is 5.82. The maximum Gasteiger partial charge on any atom is 0.264 e. The Labute approximate surface area is 290 Å². The largest absolute Gasteiger partial charge is 0.352 e. The van der Waals surface area contributed by atoms with E-state index < -0.39 is 28.5 Å². The van der Waals surface area contributed by atoms with Gasteiger partial charge in [0.05, 0.1) is 10.6 Å². The molecule has 1 unspecified atom stereocenters. The molecule has 1 saturated carbocycles. The van der Waals surface area contributed by atoms with Gasteiger partial charge in [-0.25, -0.2) is 8.42 Å². The maximum atomic E-state index is 14.8. The molecule has 9 heteroatoms. The first-order valence-electron chi connectivity index (χ1n) is 16.7. The lowest BCUT2D eigenvalue weighted by Crippen LogP contribution is -2.55. The number of nitrogens with zero attached hydrogens (tertiary/aromatic N) is 2.